The minimum atomic E-state index is -4.67. The van der Waals surface area contributed by atoms with Crippen LogP contribution >= 0.6 is 0 Å². The van der Waals surface area contributed by atoms with Crippen molar-refractivity contribution in [2.75, 3.05) is 5.32 Å². The number of anilines is 1. The Kier molecular flexibility index (Phi) is 5.16. The fraction of sp³-hybridized carbons (Fsp3) is 0.333. The van der Waals surface area contributed by atoms with E-state index in [0.717, 1.165) is 25.0 Å². The second kappa shape index (κ2) is 7.68. The van der Waals surface area contributed by atoms with Crippen molar-refractivity contribution in [3.05, 3.63) is 69.3 Å². The van der Waals surface area contributed by atoms with Crippen LogP contribution in [0.3, 0.4) is 0 Å². The molecule has 1 amide bonds. The van der Waals surface area contributed by atoms with Crippen LogP contribution in [0.15, 0.2) is 41.2 Å². The van der Waals surface area contributed by atoms with E-state index in [0.29, 0.717) is 11.4 Å². The van der Waals surface area contributed by atoms with E-state index in [1.807, 2.05) is 13.8 Å². The van der Waals surface area contributed by atoms with Gasteiger partial charge in [0.1, 0.15) is 5.82 Å². The van der Waals surface area contributed by atoms with E-state index in [2.05, 4.69) is 20.4 Å². The molecule has 7 nitrogen and oxygen atoms in total. The monoisotopic (exact) mass is 431 g/mol. The van der Waals surface area contributed by atoms with Gasteiger partial charge in [-0.05, 0) is 30.9 Å². The summed E-state index contributed by atoms with van der Waals surface area (Å²) in [5.41, 5.74) is -0.724. The number of hydrogen-bond donors (Lipinski definition) is 2. The average molecular weight is 431 g/mol. The molecule has 10 heteroatoms. The van der Waals surface area contributed by atoms with Crippen LogP contribution in [0.4, 0.5) is 19.0 Å². The SMILES string of the molecule is CC(C)c1cc(=O)[nH]c(-n2nc(C3CC3)cc2NC(=O)c2ccccc2C(F)(F)F)n1. The molecule has 2 N–H and O–H groups in total. The molecule has 4 rings (SSSR count). The highest BCUT2D eigenvalue weighted by Gasteiger charge is 2.35. The first-order chi connectivity index (χ1) is 14.6. The number of amides is 1. The van der Waals surface area contributed by atoms with E-state index in [-0.39, 0.29) is 23.6 Å². The number of carbonyl (C=O) groups excluding carboxylic acids is 1. The van der Waals surface area contributed by atoms with Crippen LogP contribution in [0.1, 0.15) is 65.8 Å². The molecule has 1 fully saturated rings. The second-order valence-electron chi connectivity index (χ2n) is 7.79. The van der Waals surface area contributed by atoms with E-state index in [9.17, 15) is 22.8 Å². The third kappa shape index (κ3) is 4.37. The van der Waals surface area contributed by atoms with E-state index >= 15 is 0 Å². The summed E-state index contributed by atoms with van der Waals surface area (Å²) in [5, 5.41) is 6.96. The van der Waals surface area contributed by atoms with Crippen molar-refractivity contribution in [2.45, 2.75) is 44.7 Å². The van der Waals surface area contributed by atoms with Crippen LogP contribution in [0.5, 0.6) is 0 Å². The fourth-order valence-electron chi connectivity index (χ4n) is 3.20. The van der Waals surface area contributed by atoms with Crippen molar-refractivity contribution >= 4 is 11.7 Å². The normalized spacial score (nSPS) is 14.1. The molecule has 1 aliphatic rings. The molecule has 0 radical (unpaired) electrons. The first kappa shape index (κ1) is 20.8. The van der Waals surface area contributed by atoms with Crippen molar-refractivity contribution in [3.63, 3.8) is 0 Å². The minimum Gasteiger partial charge on any atom is -0.306 e. The number of hydrogen-bond acceptors (Lipinski definition) is 4. The summed E-state index contributed by atoms with van der Waals surface area (Å²) in [6.07, 6.45) is -2.82. The lowest BCUT2D eigenvalue weighted by atomic mass is 10.1. The number of H-pyrrole nitrogens is 1. The molecule has 0 unspecified atom stereocenters. The second-order valence-corrected chi connectivity index (χ2v) is 7.79. The van der Waals surface area contributed by atoms with Gasteiger partial charge in [0.15, 0.2) is 0 Å². The number of halogens is 3. The lowest BCUT2D eigenvalue weighted by Gasteiger charge is -2.13. The number of nitrogens with zero attached hydrogens (tertiary/aromatic N) is 3. The van der Waals surface area contributed by atoms with E-state index in [1.54, 1.807) is 6.07 Å². The standard InChI is InChI=1S/C21H20F3N5O2/c1-11(2)15-10-18(30)27-20(25-15)29-17(9-16(28-29)12-7-8-12)26-19(31)13-5-3-4-6-14(13)21(22,23)24/h3-6,9-12H,7-8H2,1-2H3,(H,26,31)(H,25,27,30). The Morgan fingerprint density at radius 1 is 1.23 bits per heavy atom. The van der Waals surface area contributed by atoms with Gasteiger partial charge < -0.3 is 5.32 Å². The largest absolute Gasteiger partial charge is 0.417 e. The highest BCUT2D eigenvalue weighted by molar-refractivity contribution is 6.05. The summed E-state index contributed by atoms with van der Waals surface area (Å²) in [5.74, 6) is -0.537. The van der Waals surface area contributed by atoms with Crippen molar-refractivity contribution in [3.8, 4) is 5.95 Å². The zero-order chi connectivity index (χ0) is 22.3. The minimum absolute atomic E-state index is 0.0313. The third-order valence-corrected chi connectivity index (χ3v) is 4.98. The van der Waals surface area contributed by atoms with Crippen LogP contribution < -0.4 is 10.9 Å². The maximum absolute atomic E-state index is 13.3. The molecular weight excluding hydrogens is 411 g/mol. The van der Waals surface area contributed by atoms with Gasteiger partial charge >= 0.3 is 6.18 Å². The molecule has 3 aromatic rings. The average Bonchev–Trinajstić information content (AvgIpc) is 3.47. The molecule has 2 aromatic heterocycles. The van der Waals surface area contributed by atoms with Crippen molar-refractivity contribution in [1.82, 2.24) is 19.7 Å². The van der Waals surface area contributed by atoms with Gasteiger partial charge in [-0.15, -0.1) is 0 Å². The summed E-state index contributed by atoms with van der Waals surface area (Å²) in [7, 11) is 0. The van der Waals surface area contributed by atoms with Gasteiger partial charge in [0.2, 0.25) is 5.95 Å². The lowest BCUT2D eigenvalue weighted by Crippen LogP contribution is -2.22. The number of carbonyl (C=O) groups is 1. The Morgan fingerprint density at radius 3 is 2.58 bits per heavy atom. The summed E-state index contributed by atoms with van der Waals surface area (Å²) in [6.45, 7) is 3.75. The van der Waals surface area contributed by atoms with Crippen molar-refractivity contribution in [1.29, 1.82) is 0 Å². The zero-order valence-corrected chi connectivity index (χ0v) is 16.8. The summed E-state index contributed by atoms with van der Waals surface area (Å²) in [4.78, 5) is 31.9. The zero-order valence-electron chi connectivity index (χ0n) is 16.8. The van der Waals surface area contributed by atoms with Gasteiger partial charge in [0, 0.05) is 18.1 Å². The third-order valence-electron chi connectivity index (χ3n) is 4.98. The van der Waals surface area contributed by atoms with Crippen LogP contribution in [0, 0.1) is 0 Å². The molecular formula is C21H20F3N5O2. The molecule has 0 atom stereocenters. The van der Waals surface area contributed by atoms with Crippen LogP contribution in [0.25, 0.3) is 5.95 Å². The molecule has 0 spiro atoms. The van der Waals surface area contributed by atoms with Gasteiger partial charge in [-0.3, -0.25) is 14.6 Å². The molecule has 0 bridgehead atoms. The van der Waals surface area contributed by atoms with Crippen LogP contribution in [0.2, 0.25) is 0 Å². The molecule has 31 heavy (non-hydrogen) atoms. The molecule has 2 heterocycles. The van der Waals surface area contributed by atoms with Gasteiger partial charge in [0.05, 0.1) is 22.5 Å². The molecule has 1 saturated carbocycles. The van der Waals surface area contributed by atoms with Crippen LogP contribution in [-0.4, -0.2) is 25.7 Å². The first-order valence-electron chi connectivity index (χ1n) is 9.82. The van der Waals surface area contributed by atoms with Gasteiger partial charge in [-0.25, -0.2) is 4.98 Å². The van der Waals surface area contributed by atoms with Crippen LogP contribution in [-0.2, 0) is 6.18 Å². The Morgan fingerprint density at radius 2 is 1.94 bits per heavy atom. The van der Waals surface area contributed by atoms with Crippen molar-refractivity contribution < 1.29 is 18.0 Å². The molecule has 1 aromatic carbocycles. The highest BCUT2D eigenvalue weighted by atomic mass is 19.4. The summed E-state index contributed by atoms with van der Waals surface area (Å²) in [6, 6.07) is 7.53. The molecule has 0 saturated heterocycles. The fourth-order valence-corrected chi connectivity index (χ4v) is 3.20. The molecule has 0 aliphatic heterocycles. The topological polar surface area (TPSA) is 92.7 Å². The molecule has 1 aliphatic carbocycles. The smallest absolute Gasteiger partial charge is 0.306 e. The van der Waals surface area contributed by atoms with E-state index in [1.165, 1.54) is 22.9 Å². The Labute approximate surface area is 175 Å². The molecule has 162 valence electrons. The van der Waals surface area contributed by atoms with Gasteiger partial charge in [-0.2, -0.15) is 23.0 Å². The number of alkyl halides is 3. The predicted octanol–water partition coefficient (Wildman–Crippen LogP) is 4.23. The number of nitrogens with one attached hydrogen (secondary N) is 2. The van der Waals surface area contributed by atoms with Crippen molar-refractivity contribution in [2.24, 2.45) is 0 Å². The quantitative estimate of drug-likeness (QED) is 0.632. The lowest BCUT2D eigenvalue weighted by molar-refractivity contribution is -0.137. The number of rotatable bonds is 5. The van der Waals surface area contributed by atoms with E-state index < -0.39 is 28.8 Å². The number of aromatic nitrogens is 4. The first-order valence-corrected chi connectivity index (χ1v) is 9.82. The predicted molar refractivity (Wildman–Crippen MR) is 107 cm³/mol. The Bertz CT molecular complexity index is 1190. The van der Waals surface area contributed by atoms with E-state index in [4.69, 9.17) is 0 Å². The maximum atomic E-state index is 13.3. The highest BCUT2D eigenvalue weighted by Crippen LogP contribution is 2.40. The summed E-state index contributed by atoms with van der Waals surface area (Å²) < 4.78 is 41.2. The Hall–Kier alpha value is -3.43. The van der Waals surface area contributed by atoms with Gasteiger partial charge in [0.25, 0.3) is 11.5 Å². The summed E-state index contributed by atoms with van der Waals surface area (Å²) >= 11 is 0. The Balaban J connectivity index is 1.75. The number of aromatic amines is 1. The maximum Gasteiger partial charge on any atom is 0.417 e. The number of benzene rings is 1. The van der Waals surface area contributed by atoms with Gasteiger partial charge in [-0.1, -0.05) is 26.0 Å².